The van der Waals surface area contributed by atoms with Crippen molar-refractivity contribution in [1.29, 1.82) is 0 Å². The average Bonchev–Trinajstić information content (AvgIpc) is 2.61. The Morgan fingerprint density at radius 2 is 0.788 bits per heavy atom. The van der Waals surface area contributed by atoms with Crippen LogP contribution in [0.5, 0.6) is 0 Å². The van der Waals surface area contributed by atoms with Crippen LogP contribution < -0.4 is 0 Å². The highest BCUT2D eigenvalue weighted by atomic mass is 19.4. The molecule has 33 heavy (non-hydrogen) atoms. The molecule has 0 aliphatic carbocycles. The lowest BCUT2D eigenvalue weighted by molar-refractivity contribution is -0.462. The minimum atomic E-state index is -8.62. The zero-order valence-electron chi connectivity index (χ0n) is 15.7. The molecule has 1 aromatic carbocycles. The van der Waals surface area contributed by atoms with E-state index < -0.39 is 58.8 Å². The molecule has 0 spiro atoms. The van der Waals surface area contributed by atoms with Crippen LogP contribution in [0.3, 0.4) is 0 Å². The summed E-state index contributed by atoms with van der Waals surface area (Å²) in [5.41, 5.74) is -3.56. The Morgan fingerprint density at radius 3 is 1.15 bits per heavy atom. The molecule has 0 fully saturated rings. The molecule has 1 rings (SSSR count). The molecule has 0 aliphatic heterocycles. The fraction of sp³-hybridized carbons (Fsp3) is 0.625. The zero-order chi connectivity index (χ0) is 26.9. The Kier molecular flexibility index (Phi) is 6.62. The van der Waals surface area contributed by atoms with E-state index in [0.29, 0.717) is 13.0 Å². The number of benzene rings is 1. The van der Waals surface area contributed by atoms with Crippen LogP contribution in [0.4, 0.5) is 74.6 Å². The lowest BCUT2D eigenvalue weighted by atomic mass is 9.86. The summed E-state index contributed by atoms with van der Waals surface area (Å²) in [6, 6.07) is 1.51. The van der Waals surface area contributed by atoms with Crippen LogP contribution in [-0.4, -0.2) is 41.7 Å². The summed E-state index contributed by atoms with van der Waals surface area (Å²) in [4.78, 5) is 0. The highest BCUT2D eigenvalue weighted by Crippen LogP contribution is 2.65. The normalized spacial score (nSPS) is 15.7. The summed E-state index contributed by atoms with van der Waals surface area (Å²) < 4.78 is 226. The van der Waals surface area contributed by atoms with E-state index in [9.17, 15) is 74.6 Å². The van der Waals surface area contributed by atoms with Crippen molar-refractivity contribution < 1.29 is 74.6 Å². The molecule has 0 aromatic heterocycles. The van der Waals surface area contributed by atoms with Crippen molar-refractivity contribution in [2.75, 3.05) is 0 Å². The van der Waals surface area contributed by atoms with Gasteiger partial charge in [0.05, 0.1) is 0 Å². The first-order valence-corrected chi connectivity index (χ1v) is 7.95. The van der Waals surface area contributed by atoms with E-state index in [4.69, 9.17) is 0 Å². The number of aryl methyl sites for hydroxylation is 2. The molecule has 0 nitrogen and oxygen atoms in total. The fourth-order valence-corrected chi connectivity index (χ4v) is 2.41. The van der Waals surface area contributed by atoms with Crippen LogP contribution >= 0.6 is 0 Å². The van der Waals surface area contributed by atoms with Gasteiger partial charge in [-0.05, 0) is 25.5 Å². The Balaban J connectivity index is 3.78. The Hall–Kier alpha value is -1.97. The number of hydrogen-bond donors (Lipinski definition) is 0. The molecular weight excluding hydrogens is 515 g/mol. The lowest BCUT2D eigenvalue weighted by Crippen LogP contribution is -2.74. The highest BCUT2D eigenvalue weighted by Gasteiger charge is 2.95. The van der Waals surface area contributed by atoms with Crippen molar-refractivity contribution in [3.8, 4) is 0 Å². The molecule has 0 aliphatic rings. The molecule has 0 amide bonds. The minimum Gasteiger partial charge on any atom is -0.194 e. The third-order valence-corrected chi connectivity index (χ3v) is 4.45. The predicted octanol–water partition coefficient (Wildman–Crippen LogP) is 7.77. The van der Waals surface area contributed by atoms with Gasteiger partial charge in [-0.15, -0.1) is 0 Å². The molecule has 0 radical (unpaired) electrons. The van der Waals surface area contributed by atoms with Crippen molar-refractivity contribution in [3.05, 3.63) is 34.9 Å². The van der Waals surface area contributed by atoms with Crippen molar-refractivity contribution in [1.82, 2.24) is 0 Å². The quantitative estimate of drug-likeness (QED) is 0.320. The smallest absolute Gasteiger partial charge is 0.194 e. The van der Waals surface area contributed by atoms with Crippen LogP contribution in [0, 0.1) is 13.8 Å². The maximum Gasteiger partial charge on any atom is 0.460 e. The van der Waals surface area contributed by atoms with E-state index in [1.165, 1.54) is 0 Å². The van der Waals surface area contributed by atoms with Crippen molar-refractivity contribution in [3.63, 3.8) is 0 Å². The second-order valence-corrected chi connectivity index (χ2v) is 6.84. The first-order valence-electron chi connectivity index (χ1n) is 7.95. The van der Waals surface area contributed by atoms with Gasteiger partial charge in [0.25, 0.3) is 0 Å². The first kappa shape index (κ1) is 29.1. The van der Waals surface area contributed by atoms with Gasteiger partial charge in [0.2, 0.25) is 0 Å². The maximum absolute atomic E-state index is 14.2. The molecule has 0 heterocycles. The molecule has 0 unspecified atom stereocenters. The molecule has 192 valence electrons. The third kappa shape index (κ3) is 3.68. The number of hydrogen-bond acceptors (Lipinski definition) is 0. The Morgan fingerprint density at radius 1 is 0.455 bits per heavy atom. The Labute approximate surface area is 172 Å². The van der Waals surface area contributed by atoms with E-state index in [1.54, 1.807) is 0 Å². The van der Waals surface area contributed by atoms with Gasteiger partial charge >= 0.3 is 47.6 Å². The van der Waals surface area contributed by atoms with E-state index in [0.717, 1.165) is 13.0 Å². The first-order chi connectivity index (χ1) is 14.2. The van der Waals surface area contributed by atoms with Crippen molar-refractivity contribution in [2.45, 2.75) is 61.5 Å². The van der Waals surface area contributed by atoms with Gasteiger partial charge in [-0.2, -0.15) is 74.6 Å². The number of halogens is 17. The van der Waals surface area contributed by atoms with E-state index in [-0.39, 0.29) is 11.6 Å². The molecule has 0 bridgehead atoms. The van der Waals surface area contributed by atoms with Crippen LogP contribution in [0.25, 0.3) is 0 Å². The fourth-order valence-electron chi connectivity index (χ4n) is 2.41. The molecule has 0 N–H and O–H groups in total. The van der Waals surface area contributed by atoms with Gasteiger partial charge in [0.1, 0.15) is 0 Å². The minimum absolute atomic E-state index is 0.0159. The van der Waals surface area contributed by atoms with E-state index >= 15 is 0 Å². The second-order valence-electron chi connectivity index (χ2n) is 6.84. The SMILES string of the molecule is Cc1ccc(C)c(C(F)(F)C(F)(F)C(F)(F)C(F)(F)C(F)(F)C(F)(F)C(F)(F)C(F)(F)F)c1. The summed E-state index contributed by atoms with van der Waals surface area (Å²) in [7, 11) is 0. The van der Waals surface area contributed by atoms with Crippen molar-refractivity contribution >= 4 is 0 Å². The van der Waals surface area contributed by atoms with E-state index in [2.05, 4.69) is 0 Å². The van der Waals surface area contributed by atoms with Crippen LogP contribution in [0.2, 0.25) is 0 Å². The summed E-state index contributed by atoms with van der Waals surface area (Å²) in [5, 5.41) is 0. The Bertz CT molecular complexity index is 877. The zero-order valence-corrected chi connectivity index (χ0v) is 15.7. The van der Waals surface area contributed by atoms with E-state index in [1.807, 2.05) is 0 Å². The molecule has 0 atom stereocenters. The van der Waals surface area contributed by atoms with Gasteiger partial charge in [-0.1, -0.05) is 17.7 Å². The molecule has 0 saturated heterocycles. The second kappa shape index (κ2) is 7.52. The topological polar surface area (TPSA) is 0 Å². The summed E-state index contributed by atoms with van der Waals surface area (Å²) >= 11 is 0. The molecule has 1 aromatic rings. The predicted molar refractivity (Wildman–Crippen MR) is 75.5 cm³/mol. The summed E-state index contributed by atoms with van der Waals surface area (Å²) in [5.74, 6) is -56.4. The van der Waals surface area contributed by atoms with Crippen LogP contribution in [-0.2, 0) is 5.92 Å². The third-order valence-electron chi connectivity index (χ3n) is 4.45. The monoisotopic (exact) mass is 524 g/mol. The maximum atomic E-state index is 14.2. The van der Waals surface area contributed by atoms with Gasteiger partial charge < -0.3 is 0 Å². The molecule has 0 saturated carbocycles. The summed E-state index contributed by atoms with van der Waals surface area (Å²) in [6.07, 6.45) is -7.77. The van der Waals surface area contributed by atoms with Gasteiger partial charge in [0.15, 0.2) is 0 Å². The van der Waals surface area contributed by atoms with Gasteiger partial charge in [-0.25, -0.2) is 0 Å². The van der Waals surface area contributed by atoms with Crippen LogP contribution in [0.1, 0.15) is 16.7 Å². The average molecular weight is 524 g/mol. The molecule has 17 heteroatoms. The number of alkyl halides is 17. The standard InChI is InChI=1S/C16H9F17/c1-6-3-4-7(2)8(5-6)9(17,18)10(19,20)11(21,22)12(23,24)13(25,26)14(27,28)15(29,30)16(31,32)33/h3-5H,1-2H3. The summed E-state index contributed by atoms with van der Waals surface area (Å²) in [6.45, 7) is 1.44. The van der Waals surface area contributed by atoms with Gasteiger partial charge in [-0.3, -0.25) is 0 Å². The number of rotatable bonds is 7. The largest absolute Gasteiger partial charge is 0.460 e. The lowest BCUT2D eigenvalue weighted by Gasteiger charge is -2.43. The molecular formula is C16H9F17. The van der Waals surface area contributed by atoms with Crippen LogP contribution in [0.15, 0.2) is 18.2 Å². The van der Waals surface area contributed by atoms with Crippen molar-refractivity contribution in [2.24, 2.45) is 0 Å². The highest BCUT2D eigenvalue weighted by molar-refractivity contribution is 5.36. The van der Waals surface area contributed by atoms with Gasteiger partial charge in [0, 0.05) is 5.56 Å².